The lowest BCUT2D eigenvalue weighted by atomic mass is 10.0. The number of rotatable bonds is 18. The Bertz CT molecular complexity index is 1060. The van der Waals surface area contributed by atoms with Crippen LogP contribution >= 0.6 is 0 Å². The summed E-state index contributed by atoms with van der Waals surface area (Å²) in [6.07, 6.45) is 4.25. The largest absolute Gasteiger partial charge is 0.355 e. The van der Waals surface area contributed by atoms with Crippen LogP contribution in [0.1, 0.15) is 85.0 Å². The molecule has 1 heterocycles. The van der Waals surface area contributed by atoms with Crippen LogP contribution in [0.15, 0.2) is 24.5 Å². The fraction of sp³-hybridized carbons (Fsp3) is 0.667. The molecular formula is C30H52N7O6+. The Morgan fingerprint density at radius 1 is 0.791 bits per heavy atom. The highest BCUT2D eigenvalue weighted by Crippen LogP contribution is 2.08. The van der Waals surface area contributed by atoms with Crippen LogP contribution in [0.3, 0.4) is 0 Å². The predicted octanol–water partition coefficient (Wildman–Crippen LogP) is 0.401. The van der Waals surface area contributed by atoms with Gasteiger partial charge in [-0.05, 0) is 45.4 Å². The Morgan fingerprint density at radius 2 is 1.40 bits per heavy atom. The van der Waals surface area contributed by atoms with Crippen molar-refractivity contribution >= 4 is 29.5 Å². The molecule has 0 saturated carbocycles. The van der Waals surface area contributed by atoms with E-state index in [2.05, 4.69) is 31.9 Å². The minimum atomic E-state index is -0.914. The van der Waals surface area contributed by atoms with Crippen molar-refractivity contribution < 1.29 is 33.9 Å². The van der Waals surface area contributed by atoms with E-state index < -0.39 is 36.0 Å². The van der Waals surface area contributed by atoms with Crippen LogP contribution in [0.2, 0.25) is 0 Å². The number of amides is 5. The highest BCUT2D eigenvalue weighted by molar-refractivity contribution is 5.98. The van der Waals surface area contributed by atoms with E-state index in [0.717, 1.165) is 4.73 Å². The van der Waals surface area contributed by atoms with Crippen molar-refractivity contribution in [2.24, 2.45) is 11.8 Å². The van der Waals surface area contributed by atoms with Crippen LogP contribution in [0.5, 0.6) is 0 Å². The number of hydrogen-bond acceptors (Lipinski definition) is 7. The van der Waals surface area contributed by atoms with Gasteiger partial charge in [0.05, 0.1) is 11.6 Å². The van der Waals surface area contributed by atoms with Crippen LogP contribution in [0.4, 0.5) is 0 Å². The van der Waals surface area contributed by atoms with E-state index in [-0.39, 0.29) is 41.2 Å². The van der Waals surface area contributed by atoms with E-state index in [1.807, 2.05) is 41.5 Å². The summed E-state index contributed by atoms with van der Waals surface area (Å²) in [7, 11) is 0. The summed E-state index contributed by atoms with van der Waals surface area (Å²) in [5.41, 5.74) is 0.267. The van der Waals surface area contributed by atoms with Crippen molar-refractivity contribution in [2.75, 3.05) is 13.1 Å². The third-order valence-electron chi connectivity index (χ3n) is 6.79. The van der Waals surface area contributed by atoms with Gasteiger partial charge in [0, 0.05) is 36.0 Å². The van der Waals surface area contributed by atoms with E-state index >= 15 is 0 Å². The zero-order chi connectivity index (χ0) is 32.7. The van der Waals surface area contributed by atoms with Gasteiger partial charge in [0.1, 0.15) is 18.1 Å². The lowest BCUT2D eigenvalue weighted by molar-refractivity contribution is -0.904. The average Bonchev–Trinajstić information content (AvgIpc) is 2.93. The summed E-state index contributed by atoms with van der Waals surface area (Å²) >= 11 is 0. The number of likely N-dealkylation sites (N-methyl/N-ethyl adjacent to an activating group) is 1. The number of aromatic nitrogens is 1. The maximum absolute atomic E-state index is 13.3. The van der Waals surface area contributed by atoms with E-state index in [0.29, 0.717) is 32.4 Å². The normalized spacial score (nSPS) is 14.7. The number of pyridine rings is 1. The third-order valence-corrected chi connectivity index (χ3v) is 6.79. The minimum Gasteiger partial charge on any atom is -0.355 e. The topological polar surface area (TPSA) is 182 Å². The highest BCUT2D eigenvalue weighted by Gasteiger charge is 2.28. The summed E-state index contributed by atoms with van der Waals surface area (Å²) in [4.78, 5) is 63.9. The first-order valence-corrected chi connectivity index (χ1v) is 15.1. The first-order valence-electron chi connectivity index (χ1n) is 15.1. The van der Waals surface area contributed by atoms with Crippen molar-refractivity contribution in [3.05, 3.63) is 30.1 Å². The van der Waals surface area contributed by atoms with E-state index in [9.17, 15) is 29.2 Å². The molecule has 0 aliphatic rings. The summed E-state index contributed by atoms with van der Waals surface area (Å²) in [6.45, 7) is 15.5. The molecule has 43 heavy (non-hydrogen) atoms. The van der Waals surface area contributed by atoms with Gasteiger partial charge in [0.15, 0.2) is 0 Å². The molecule has 0 unspecified atom stereocenters. The molecule has 13 nitrogen and oxygen atoms in total. The minimum absolute atomic E-state index is 0.0932. The Hall–Kier alpha value is -3.74. The smallest absolute Gasteiger partial charge is 0.252 e. The number of nitrogens with zero attached hydrogens (tertiary/aromatic N) is 1. The highest BCUT2D eigenvalue weighted by atomic mass is 16.5. The van der Waals surface area contributed by atoms with Gasteiger partial charge in [0.25, 0.3) is 5.91 Å². The maximum atomic E-state index is 13.3. The summed E-state index contributed by atoms with van der Waals surface area (Å²) in [5, 5.41) is 26.4. The van der Waals surface area contributed by atoms with Crippen molar-refractivity contribution in [3.8, 4) is 0 Å². The van der Waals surface area contributed by atoms with E-state index in [4.69, 9.17) is 0 Å². The van der Waals surface area contributed by atoms with Crippen molar-refractivity contribution in [3.63, 3.8) is 0 Å². The van der Waals surface area contributed by atoms with Gasteiger partial charge in [-0.2, -0.15) is 0 Å². The SMILES string of the molecule is CCC[C@H](NC(=O)[C@H](C)NC(=O)c1cc[n+](O)cc1)C(=O)N[C@H](CN[C@@H](C)C(=O)N[C@H](C(=O)NCC)C(C)C)CC(C)C. The zero-order valence-electron chi connectivity index (χ0n) is 26.8. The van der Waals surface area contributed by atoms with Crippen LogP contribution in [0.25, 0.3) is 0 Å². The Balaban J connectivity index is 2.81. The Kier molecular flexibility index (Phi) is 16.2. The van der Waals surface area contributed by atoms with Crippen molar-refractivity contribution in [2.45, 2.75) is 105 Å². The molecular weight excluding hydrogens is 554 g/mol. The molecule has 0 spiro atoms. The molecule has 13 heteroatoms. The van der Waals surface area contributed by atoms with Gasteiger partial charge in [-0.3, -0.25) is 29.2 Å². The van der Waals surface area contributed by atoms with Gasteiger partial charge >= 0.3 is 0 Å². The van der Waals surface area contributed by atoms with Crippen LogP contribution in [0, 0.1) is 11.8 Å². The first kappa shape index (κ1) is 37.3. The predicted molar refractivity (Wildman–Crippen MR) is 162 cm³/mol. The quantitative estimate of drug-likeness (QED) is 0.0933. The molecule has 0 bridgehead atoms. The summed E-state index contributed by atoms with van der Waals surface area (Å²) < 4.78 is 0.801. The molecule has 1 aromatic rings. The van der Waals surface area contributed by atoms with Gasteiger partial charge in [-0.15, -0.1) is 0 Å². The molecule has 1 rings (SSSR count). The molecule has 242 valence electrons. The Labute approximate surface area is 255 Å². The molecule has 0 aliphatic carbocycles. The van der Waals surface area contributed by atoms with Crippen molar-refractivity contribution in [1.29, 1.82) is 0 Å². The molecule has 0 aromatic carbocycles. The molecule has 0 saturated heterocycles. The van der Waals surface area contributed by atoms with Crippen molar-refractivity contribution in [1.82, 2.24) is 31.9 Å². The van der Waals surface area contributed by atoms with E-state index in [1.54, 1.807) is 6.92 Å². The number of carbonyl (C=O) groups excluding carboxylic acids is 5. The number of nitrogens with one attached hydrogen (secondary N) is 6. The fourth-order valence-corrected chi connectivity index (χ4v) is 4.34. The number of carbonyl (C=O) groups is 5. The summed E-state index contributed by atoms with van der Waals surface area (Å²) in [5.74, 6) is -1.77. The van der Waals surface area contributed by atoms with Crippen LogP contribution in [-0.2, 0) is 19.2 Å². The second-order valence-electron chi connectivity index (χ2n) is 11.6. The Morgan fingerprint density at radius 3 is 1.93 bits per heavy atom. The molecule has 1 aromatic heterocycles. The molecule has 0 fully saturated rings. The van der Waals surface area contributed by atoms with E-state index in [1.165, 1.54) is 31.5 Å². The molecule has 5 atom stereocenters. The van der Waals surface area contributed by atoms with Crippen LogP contribution in [-0.4, -0.2) is 78.0 Å². The van der Waals surface area contributed by atoms with Crippen LogP contribution < -0.4 is 36.6 Å². The lowest BCUT2D eigenvalue weighted by Gasteiger charge is -2.27. The second-order valence-corrected chi connectivity index (χ2v) is 11.6. The zero-order valence-corrected chi connectivity index (χ0v) is 26.8. The van der Waals surface area contributed by atoms with Gasteiger partial charge in [0.2, 0.25) is 36.0 Å². The fourth-order valence-electron chi connectivity index (χ4n) is 4.34. The molecule has 5 amide bonds. The third kappa shape index (κ3) is 13.4. The monoisotopic (exact) mass is 606 g/mol. The lowest BCUT2D eigenvalue weighted by Crippen LogP contribution is -2.57. The summed E-state index contributed by atoms with van der Waals surface area (Å²) in [6, 6.07) is -0.519. The van der Waals surface area contributed by atoms with Gasteiger partial charge in [-0.25, -0.2) is 0 Å². The maximum Gasteiger partial charge on any atom is 0.252 e. The second kappa shape index (κ2) is 18.7. The molecule has 0 aliphatic heterocycles. The van der Waals surface area contributed by atoms with Gasteiger partial charge < -0.3 is 31.9 Å². The first-order chi connectivity index (χ1) is 20.2. The number of hydrogen-bond donors (Lipinski definition) is 7. The average molecular weight is 607 g/mol. The molecule has 0 radical (unpaired) electrons. The van der Waals surface area contributed by atoms with Gasteiger partial charge in [-0.1, -0.05) is 41.0 Å². The molecule has 7 N–H and O–H groups in total. The standard InChI is InChI=1S/C30H51N7O6/c1-9-11-24(35-27(39)21(8)33-28(40)22-12-14-37(43)15-13-22)29(41)34-23(16-18(3)4)17-32-20(7)26(38)36-25(19(5)6)30(42)31-10-2/h12-15,18-21,23-25,32H,9-11,16-17H2,1-8H3,(H5-,31,33,34,35,36,38,39,40,41,42,43)/p+1/t20-,21-,23-,24-,25-/m0/s1.